The Balaban J connectivity index is 1.76. The van der Waals surface area contributed by atoms with Crippen molar-refractivity contribution in [3.05, 3.63) is 45.9 Å². The third-order valence-corrected chi connectivity index (χ3v) is 5.92. The molecule has 0 aliphatic carbocycles. The molecule has 0 saturated heterocycles. The van der Waals surface area contributed by atoms with E-state index in [1.165, 1.54) is 17.3 Å². The van der Waals surface area contributed by atoms with Gasteiger partial charge < -0.3 is 5.32 Å². The van der Waals surface area contributed by atoms with Gasteiger partial charge in [0.05, 0.1) is 17.9 Å². The van der Waals surface area contributed by atoms with Gasteiger partial charge in [-0.05, 0) is 39.3 Å². The van der Waals surface area contributed by atoms with Crippen LogP contribution in [0.2, 0.25) is 0 Å². The van der Waals surface area contributed by atoms with Crippen LogP contribution < -0.4 is 10.9 Å². The molecule has 0 bridgehead atoms. The Morgan fingerprint density at radius 1 is 1.36 bits per heavy atom. The molecule has 2 aromatic heterocycles. The summed E-state index contributed by atoms with van der Waals surface area (Å²) >= 11 is 1.51. The zero-order chi connectivity index (χ0) is 20.0. The molecular formula is C20H23N5O2S. The minimum atomic E-state index is -0.187. The third kappa shape index (κ3) is 3.22. The molecule has 3 aromatic rings. The highest BCUT2D eigenvalue weighted by Crippen LogP contribution is 2.33. The van der Waals surface area contributed by atoms with Crippen molar-refractivity contribution in [3.63, 3.8) is 0 Å². The number of nitrogens with one attached hydrogen (secondary N) is 1. The number of carbonyl (C=O) groups is 1. The number of nitrogens with zero attached hydrogens (tertiary/aromatic N) is 4. The Morgan fingerprint density at radius 2 is 2.14 bits per heavy atom. The average Bonchev–Trinajstić information content (AvgIpc) is 3.19. The fourth-order valence-electron chi connectivity index (χ4n) is 3.60. The van der Waals surface area contributed by atoms with Crippen molar-refractivity contribution >= 4 is 28.7 Å². The Bertz CT molecular complexity index is 1130. The van der Waals surface area contributed by atoms with Crippen molar-refractivity contribution in [2.45, 2.75) is 51.4 Å². The first-order valence-corrected chi connectivity index (χ1v) is 10.3. The lowest BCUT2D eigenvalue weighted by molar-refractivity contribution is -0.122. The number of carbonyl (C=O) groups excluding carboxylic acids is 1. The number of aryl methyl sites for hydroxylation is 2. The number of hydrogen-bond donors (Lipinski definition) is 1. The first-order valence-electron chi connectivity index (χ1n) is 9.35. The van der Waals surface area contributed by atoms with Gasteiger partial charge in [0, 0.05) is 18.2 Å². The lowest BCUT2D eigenvalue weighted by Gasteiger charge is -2.15. The summed E-state index contributed by atoms with van der Waals surface area (Å²) in [7, 11) is 0. The van der Waals surface area contributed by atoms with E-state index >= 15 is 0 Å². The second-order valence-corrected chi connectivity index (χ2v) is 8.53. The molecule has 7 nitrogen and oxygen atoms in total. The van der Waals surface area contributed by atoms with Crippen LogP contribution in [-0.4, -0.2) is 37.0 Å². The van der Waals surface area contributed by atoms with E-state index in [-0.39, 0.29) is 30.0 Å². The number of rotatable bonds is 4. The van der Waals surface area contributed by atoms with E-state index in [1.54, 1.807) is 15.4 Å². The third-order valence-electron chi connectivity index (χ3n) is 4.82. The molecule has 0 radical (unpaired) electrons. The van der Waals surface area contributed by atoms with Crippen molar-refractivity contribution in [1.82, 2.24) is 24.6 Å². The highest BCUT2D eigenvalue weighted by atomic mass is 32.2. The van der Waals surface area contributed by atoms with Crippen molar-refractivity contribution in [1.29, 1.82) is 0 Å². The standard InChI is InChI=1S/C20H23N5O2S/c1-11(2)22-17(26)8-14-10-28-20-23-18-15(19(27)24(14)20)9-21-25(18)16-6-5-12(3)7-13(16)4/h5-7,9,11,14H,8,10H2,1-4H3,(H,22,26). The molecule has 1 aliphatic rings. The quantitative estimate of drug-likeness (QED) is 0.685. The number of fused-ring (bicyclic) bond motifs is 2. The van der Waals surface area contributed by atoms with E-state index in [1.807, 2.05) is 39.8 Å². The Morgan fingerprint density at radius 3 is 2.86 bits per heavy atom. The van der Waals surface area contributed by atoms with Crippen LogP contribution in [0.25, 0.3) is 16.7 Å². The molecule has 0 spiro atoms. The molecule has 28 heavy (non-hydrogen) atoms. The summed E-state index contributed by atoms with van der Waals surface area (Å²) in [6.07, 6.45) is 1.85. The van der Waals surface area contributed by atoms with E-state index in [2.05, 4.69) is 16.5 Å². The number of thioether (sulfide) groups is 1. The smallest absolute Gasteiger partial charge is 0.265 e. The molecule has 1 atom stereocenters. The topological polar surface area (TPSA) is 81.8 Å². The Kier molecular flexibility index (Phi) is 4.74. The van der Waals surface area contributed by atoms with Crippen LogP contribution in [0.1, 0.15) is 37.4 Å². The van der Waals surface area contributed by atoms with Crippen molar-refractivity contribution < 1.29 is 4.79 Å². The summed E-state index contributed by atoms with van der Waals surface area (Å²) in [5, 5.41) is 8.45. The molecular weight excluding hydrogens is 374 g/mol. The number of aromatic nitrogens is 4. The first kappa shape index (κ1) is 18.7. The second-order valence-electron chi connectivity index (χ2n) is 7.54. The minimum absolute atomic E-state index is 0.0496. The van der Waals surface area contributed by atoms with Crippen LogP contribution in [0.4, 0.5) is 0 Å². The van der Waals surface area contributed by atoms with Crippen LogP contribution in [0.3, 0.4) is 0 Å². The van der Waals surface area contributed by atoms with E-state index in [4.69, 9.17) is 4.98 Å². The summed E-state index contributed by atoms with van der Waals surface area (Å²) < 4.78 is 3.38. The van der Waals surface area contributed by atoms with Crippen LogP contribution in [0.15, 0.2) is 34.3 Å². The van der Waals surface area contributed by atoms with Crippen LogP contribution >= 0.6 is 11.8 Å². The molecule has 146 valence electrons. The largest absolute Gasteiger partial charge is 0.354 e. The Labute approximate surface area is 167 Å². The van der Waals surface area contributed by atoms with Gasteiger partial charge in [0.2, 0.25) is 5.91 Å². The molecule has 4 rings (SSSR count). The lowest BCUT2D eigenvalue weighted by Crippen LogP contribution is -2.34. The maximum atomic E-state index is 13.1. The van der Waals surface area contributed by atoms with Crippen molar-refractivity contribution in [3.8, 4) is 5.69 Å². The minimum Gasteiger partial charge on any atom is -0.354 e. The highest BCUT2D eigenvalue weighted by molar-refractivity contribution is 7.99. The molecule has 1 amide bonds. The number of benzene rings is 1. The maximum absolute atomic E-state index is 13.1. The molecule has 0 saturated carbocycles. The molecule has 1 N–H and O–H groups in total. The van der Waals surface area contributed by atoms with Gasteiger partial charge in [0.25, 0.3) is 5.56 Å². The highest BCUT2D eigenvalue weighted by Gasteiger charge is 2.29. The zero-order valence-electron chi connectivity index (χ0n) is 16.4. The fraction of sp³-hybridized carbons (Fsp3) is 0.400. The summed E-state index contributed by atoms with van der Waals surface area (Å²) in [4.78, 5) is 30.0. The predicted molar refractivity (Wildman–Crippen MR) is 110 cm³/mol. The van der Waals surface area contributed by atoms with Gasteiger partial charge in [0.15, 0.2) is 10.8 Å². The fourth-order valence-corrected chi connectivity index (χ4v) is 4.73. The Hall–Kier alpha value is -2.61. The summed E-state index contributed by atoms with van der Waals surface area (Å²) in [6.45, 7) is 7.91. The van der Waals surface area contributed by atoms with Crippen LogP contribution in [0, 0.1) is 13.8 Å². The maximum Gasteiger partial charge on any atom is 0.265 e. The monoisotopic (exact) mass is 397 g/mol. The van der Waals surface area contributed by atoms with Gasteiger partial charge in [-0.2, -0.15) is 5.10 Å². The molecule has 0 fully saturated rings. The molecule has 1 unspecified atom stereocenters. The van der Waals surface area contributed by atoms with Gasteiger partial charge in [-0.1, -0.05) is 29.5 Å². The summed E-state index contributed by atoms with van der Waals surface area (Å²) in [5.74, 6) is 0.614. The summed E-state index contributed by atoms with van der Waals surface area (Å²) in [6, 6.07) is 5.99. The first-order chi connectivity index (χ1) is 13.3. The SMILES string of the molecule is Cc1ccc(-n2ncc3c(=O)n4c(nc32)SCC4CC(=O)NC(C)C)c(C)c1. The zero-order valence-corrected chi connectivity index (χ0v) is 17.2. The van der Waals surface area contributed by atoms with Gasteiger partial charge >= 0.3 is 0 Å². The van der Waals surface area contributed by atoms with E-state index in [9.17, 15) is 9.59 Å². The average molecular weight is 398 g/mol. The molecule has 1 aromatic carbocycles. The van der Waals surface area contributed by atoms with Crippen molar-refractivity contribution in [2.75, 3.05) is 5.75 Å². The van der Waals surface area contributed by atoms with Crippen LogP contribution in [0.5, 0.6) is 0 Å². The second kappa shape index (κ2) is 7.09. The summed E-state index contributed by atoms with van der Waals surface area (Å²) in [5.41, 5.74) is 3.58. The van der Waals surface area contributed by atoms with Crippen molar-refractivity contribution in [2.24, 2.45) is 0 Å². The van der Waals surface area contributed by atoms with E-state index < -0.39 is 0 Å². The van der Waals surface area contributed by atoms with Crippen LogP contribution in [-0.2, 0) is 4.79 Å². The van der Waals surface area contributed by atoms with E-state index in [0.29, 0.717) is 21.9 Å². The normalized spacial score (nSPS) is 16.0. The number of hydrogen-bond acceptors (Lipinski definition) is 5. The van der Waals surface area contributed by atoms with Gasteiger partial charge in [-0.25, -0.2) is 9.67 Å². The van der Waals surface area contributed by atoms with Gasteiger partial charge in [-0.3, -0.25) is 14.2 Å². The molecule has 1 aliphatic heterocycles. The number of amides is 1. The van der Waals surface area contributed by atoms with Gasteiger partial charge in [0.1, 0.15) is 5.39 Å². The van der Waals surface area contributed by atoms with Gasteiger partial charge in [-0.15, -0.1) is 0 Å². The lowest BCUT2D eigenvalue weighted by atomic mass is 10.1. The molecule has 8 heteroatoms. The molecule has 3 heterocycles. The predicted octanol–water partition coefficient (Wildman–Crippen LogP) is 2.76. The van der Waals surface area contributed by atoms with E-state index in [0.717, 1.165) is 11.3 Å².